The predicted molar refractivity (Wildman–Crippen MR) is 113 cm³/mol. The van der Waals surface area contributed by atoms with Crippen LogP contribution in [0.15, 0.2) is 77.6 Å². The second-order valence-corrected chi connectivity index (χ2v) is 6.96. The van der Waals surface area contributed by atoms with Gasteiger partial charge in [0.05, 0.1) is 17.0 Å². The maximum Gasteiger partial charge on any atom is 0.268 e. The van der Waals surface area contributed by atoms with Gasteiger partial charge in [0.1, 0.15) is 0 Å². The molecule has 138 valence electrons. The van der Waals surface area contributed by atoms with Gasteiger partial charge in [0.2, 0.25) is 5.88 Å². The van der Waals surface area contributed by atoms with Gasteiger partial charge in [0, 0.05) is 16.3 Å². The van der Waals surface area contributed by atoms with Gasteiger partial charge in [-0.3, -0.25) is 10.2 Å². The first kappa shape index (κ1) is 17.7. The Bertz CT molecular complexity index is 1250. The lowest BCUT2D eigenvalue weighted by molar-refractivity contribution is 0.442. The van der Waals surface area contributed by atoms with Crippen molar-refractivity contribution in [2.24, 2.45) is 0 Å². The van der Waals surface area contributed by atoms with Gasteiger partial charge in [-0.25, -0.2) is 4.57 Å². The van der Waals surface area contributed by atoms with Gasteiger partial charge in [-0.05, 0) is 32.0 Å². The average Bonchev–Trinajstić information content (AvgIpc) is 2.70. The zero-order valence-electron chi connectivity index (χ0n) is 15.7. The van der Waals surface area contributed by atoms with Crippen LogP contribution < -0.4 is 5.56 Å². The Morgan fingerprint density at radius 3 is 1.96 bits per heavy atom. The fourth-order valence-electron chi connectivity index (χ4n) is 3.38. The van der Waals surface area contributed by atoms with E-state index < -0.39 is 5.56 Å². The van der Waals surface area contributed by atoms with Crippen molar-refractivity contribution >= 4 is 16.5 Å². The van der Waals surface area contributed by atoms with Gasteiger partial charge in [0.25, 0.3) is 5.56 Å². The van der Waals surface area contributed by atoms with Crippen LogP contribution in [-0.2, 0) is 0 Å². The van der Waals surface area contributed by atoms with Gasteiger partial charge in [0.15, 0.2) is 0 Å². The van der Waals surface area contributed by atoms with Gasteiger partial charge < -0.3 is 5.11 Å². The molecule has 0 amide bonds. The molecular formula is C24H20N2O2. The molecule has 0 bridgehead atoms. The SMILES string of the molecule is Cc1ccc(C(=N)c2c(=O)n(-c3ccc(C)cc3)c(O)c3ccccc23)cc1. The summed E-state index contributed by atoms with van der Waals surface area (Å²) in [4.78, 5) is 13.4. The molecule has 0 saturated heterocycles. The minimum absolute atomic E-state index is 0.120. The molecule has 0 saturated carbocycles. The highest BCUT2D eigenvalue weighted by molar-refractivity contribution is 6.18. The molecule has 28 heavy (non-hydrogen) atoms. The zero-order chi connectivity index (χ0) is 19.8. The van der Waals surface area contributed by atoms with Crippen LogP contribution in [0.5, 0.6) is 5.88 Å². The van der Waals surface area contributed by atoms with Crippen molar-refractivity contribution in [3.63, 3.8) is 0 Å². The van der Waals surface area contributed by atoms with E-state index >= 15 is 0 Å². The molecule has 0 radical (unpaired) electrons. The minimum atomic E-state index is -0.411. The Morgan fingerprint density at radius 2 is 1.36 bits per heavy atom. The highest BCUT2D eigenvalue weighted by Gasteiger charge is 2.20. The molecule has 1 heterocycles. The van der Waals surface area contributed by atoms with Crippen LogP contribution in [0.4, 0.5) is 0 Å². The third kappa shape index (κ3) is 2.89. The lowest BCUT2D eigenvalue weighted by Gasteiger charge is -2.16. The first-order valence-corrected chi connectivity index (χ1v) is 9.07. The molecule has 0 spiro atoms. The molecule has 0 fully saturated rings. The van der Waals surface area contributed by atoms with Gasteiger partial charge in [-0.15, -0.1) is 0 Å². The van der Waals surface area contributed by atoms with E-state index in [1.165, 1.54) is 4.57 Å². The Balaban J connectivity index is 2.05. The Kier molecular flexibility index (Phi) is 4.32. The van der Waals surface area contributed by atoms with E-state index in [1.807, 2.05) is 62.4 Å². The van der Waals surface area contributed by atoms with Crippen LogP contribution in [0.25, 0.3) is 16.5 Å². The maximum atomic E-state index is 13.4. The smallest absolute Gasteiger partial charge is 0.268 e. The van der Waals surface area contributed by atoms with Crippen LogP contribution in [0.1, 0.15) is 22.3 Å². The average molecular weight is 368 g/mol. The van der Waals surface area contributed by atoms with Crippen molar-refractivity contribution in [3.8, 4) is 11.6 Å². The van der Waals surface area contributed by atoms with Crippen LogP contribution >= 0.6 is 0 Å². The van der Waals surface area contributed by atoms with Gasteiger partial charge >= 0.3 is 0 Å². The van der Waals surface area contributed by atoms with Crippen molar-refractivity contribution in [1.29, 1.82) is 5.41 Å². The molecule has 0 unspecified atom stereocenters. The van der Waals surface area contributed by atoms with Crippen molar-refractivity contribution in [3.05, 3.63) is 105 Å². The summed E-state index contributed by atoms with van der Waals surface area (Å²) in [6.07, 6.45) is 0. The number of rotatable bonds is 3. The Hall–Kier alpha value is -3.66. The molecular weight excluding hydrogens is 348 g/mol. The summed E-state index contributed by atoms with van der Waals surface area (Å²) in [6, 6.07) is 22.1. The topological polar surface area (TPSA) is 66.1 Å². The lowest BCUT2D eigenvalue weighted by Crippen LogP contribution is -2.26. The molecule has 4 heteroatoms. The van der Waals surface area contributed by atoms with Crippen LogP contribution in [0.2, 0.25) is 0 Å². The maximum absolute atomic E-state index is 13.4. The van der Waals surface area contributed by atoms with Crippen molar-refractivity contribution in [1.82, 2.24) is 4.57 Å². The largest absolute Gasteiger partial charge is 0.494 e. The number of aromatic hydroxyl groups is 1. The molecule has 0 atom stereocenters. The Labute approximate surface area is 162 Å². The molecule has 4 rings (SSSR count). The van der Waals surface area contributed by atoms with Crippen molar-refractivity contribution in [2.45, 2.75) is 13.8 Å². The summed E-state index contributed by atoms with van der Waals surface area (Å²) in [6.45, 7) is 3.94. The molecule has 0 aliphatic rings. The predicted octanol–water partition coefficient (Wildman–Crippen LogP) is 4.73. The summed E-state index contributed by atoms with van der Waals surface area (Å²) in [5.41, 5.74) is 3.38. The number of nitrogens with one attached hydrogen (secondary N) is 1. The van der Waals surface area contributed by atoms with E-state index in [1.54, 1.807) is 24.3 Å². The first-order chi connectivity index (χ1) is 13.5. The summed E-state index contributed by atoms with van der Waals surface area (Å²) < 4.78 is 1.28. The monoisotopic (exact) mass is 368 g/mol. The van der Waals surface area contributed by atoms with Crippen LogP contribution in [0, 0.1) is 19.3 Å². The second kappa shape index (κ2) is 6.82. The van der Waals surface area contributed by atoms with Crippen LogP contribution in [-0.4, -0.2) is 15.4 Å². The molecule has 0 aliphatic carbocycles. The number of pyridine rings is 1. The summed E-state index contributed by atoms with van der Waals surface area (Å²) in [5.74, 6) is -0.120. The van der Waals surface area contributed by atoms with Crippen LogP contribution in [0.3, 0.4) is 0 Å². The van der Waals surface area contributed by atoms with Gasteiger partial charge in [-0.1, -0.05) is 65.7 Å². The Morgan fingerprint density at radius 1 is 0.821 bits per heavy atom. The highest BCUT2D eigenvalue weighted by atomic mass is 16.3. The summed E-state index contributed by atoms with van der Waals surface area (Å²) >= 11 is 0. The molecule has 2 N–H and O–H groups in total. The lowest BCUT2D eigenvalue weighted by atomic mass is 9.97. The molecule has 1 aromatic heterocycles. The normalized spacial score (nSPS) is 10.9. The number of aryl methyl sites for hydroxylation is 2. The second-order valence-electron chi connectivity index (χ2n) is 6.96. The number of hydrogen-bond donors (Lipinski definition) is 2. The third-order valence-corrected chi connectivity index (χ3v) is 4.95. The first-order valence-electron chi connectivity index (χ1n) is 9.07. The van der Waals surface area contributed by atoms with E-state index in [9.17, 15) is 9.90 Å². The van der Waals surface area contributed by atoms with E-state index in [2.05, 4.69) is 0 Å². The molecule has 4 aromatic rings. The minimum Gasteiger partial charge on any atom is -0.494 e. The van der Waals surface area contributed by atoms with E-state index in [0.29, 0.717) is 22.0 Å². The fraction of sp³-hybridized carbons (Fsp3) is 0.0833. The number of nitrogens with zero attached hydrogens (tertiary/aromatic N) is 1. The van der Waals surface area contributed by atoms with E-state index in [4.69, 9.17) is 5.41 Å². The molecule has 4 nitrogen and oxygen atoms in total. The fourth-order valence-corrected chi connectivity index (χ4v) is 3.38. The quantitative estimate of drug-likeness (QED) is 0.514. The standard InChI is InChI=1S/C24H20N2O2/c1-15-7-11-17(12-8-15)22(25)21-19-5-3-4-6-20(19)23(27)26(24(21)28)18-13-9-16(2)10-14-18/h3-14,25,27H,1-2H3. The van der Waals surface area contributed by atoms with E-state index in [0.717, 1.165) is 11.1 Å². The number of benzene rings is 3. The number of fused-ring (bicyclic) bond motifs is 1. The van der Waals surface area contributed by atoms with Crippen molar-refractivity contribution < 1.29 is 5.11 Å². The van der Waals surface area contributed by atoms with E-state index in [-0.39, 0.29) is 17.2 Å². The highest BCUT2D eigenvalue weighted by Crippen LogP contribution is 2.29. The number of aromatic nitrogens is 1. The molecule has 3 aromatic carbocycles. The third-order valence-electron chi connectivity index (χ3n) is 4.95. The number of hydrogen-bond acceptors (Lipinski definition) is 3. The van der Waals surface area contributed by atoms with Gasteiger partial charge in [-0.2, -0.15) is 0 Å². The summed E-state index contributed by atoms with van der Waals surface area (Å²) in [7, 11) is 0. The van der Waals surface area contributed by atoms with Crippen molar-refractivity contribution in [2.75, 3.05) is 0 Å². The zero-order valence-corrected chi connectivity index (χ0v) is 15.7. The molecule has 0 aliphatic heterocycles. The summed E-state index contributed by atoms with van der Waals surface area (Å²) in [5, 5.41) is 20.7.